The molecular formula is C13H13N3O. The molecule has 0 heterocycles. The smallest absolute Gasteiger partial charge is 0.201 e. The van der Waals surface area contributed by atoms with Crippen molar-refractivity contribution in [3.63, 3.8) is 0 Å². The largest absolute Gasteiger partial charge is 0.399 e. The van der Waals surface area contributed by atoms with Crippen LogP contribution in [0.25, 0.3) is 0 Å². The number of allylic oxidation sites excluding steroid dienone is 3. The van der Waals surface area contributed by atoms with Crippen LogP contribution in [0.1, 0.15) is 6.92 Å². The highest BCUT2D eigenvalue weighted by molar-refractivity contribution is 6.21. The van der Waals surface area contributed by atoms with Gasteiger partial charge >= 0.3 is 0 Å². The minimum Gasteiger partial charge on any atom is -0.399 e. The summed E-state index contributed by atoms with van der Waals surface area (Å²) in [6, 6.07) is 7.19. The molecule has 4 heteroatoms. The van der Waals surface area contributed by atoms with Gasteiger partial charge in [0.15, 0.2) is 0 Å². The molecule has 0 atom stereocenters. The van der Waals surface area contributed by atoms with Gasteiger partial charge in [-0.3, -0.25) is 4.79 Å². The third-order valence-electron chi connectivity index (χ3n) is 2.47. The summed E-state index contributed by atoms with van der Waals surface area (Å²) in [4.78, 5) is 15.7. The zero-order chi connectivity index (χ0) is 12.4. The minimum absolute atomic E-state index is 0.168. The van der Waals surface area contributed by atoms with E-state index in [9.17, 15) is 4.79 Å². The van der Waals surface area contributed by atoms with Crippen LogP contribution in [0.4, 0.5) is 11.4 Å². The van der Waals surface area contributed by atoms with Gasteiger partial charge in [-0.05, 0) is 48.9 Å². The fourth-order valence-corrected chi connectivity index (χ4v) is 1.49. The van der Waals surface area contributed by atoms with Crippen molar-refractivity contribution < 1.29 is 4.79 Å². The predicted octanol–water partition coefficient (Wildman–Crippen LogP) is 1.71. The molecule has 0 saturated heterocycles. The molecule has 0 fully saturated rings. The Bertz CT molecular complexity index is 551. The molecule has 0 amide bonds. The first kappa shape index (κ1) is 11.1. The molecule has 0 spiro atoms. The number of hydrogen-bond donors (Lipinski definition) is 2. The topological polar surface area (TPSA) is 81.5 Å². The van der Waals surface area contributed by atoms with Crippen LogP contribution < -0.4 is 11.5 Å². The Kier molecular flexibility index (Phi) is 2.78. The molecule has 0 saturated carbocycles. The predicted molar refractivity (Wildman–Crippen MR) is 69.0 cm³/mol. The molecule has 1 aromatic rings. The van der Waals surface area contributed by atoms with Gasteiger partial charge in [-0.25, -0.2) is 4.99 Å². The van der Waals surface area contributed by atoms with E-state index in [0.29, 0.717) is 11.4 Å². The molecule has 0 unspecified atom stereocenters. The van der Waals surface area contributed by atoms with Gasteiger partial charge in [0.25, 0.3) is 0 Å². The lowest BCUT2D eigenvalue weighted by Gasteiger charge is -2.09. The SMILES string of the molecule is CC1=CC(=O)C(N)=CC1=Nc1ccc(N)cc1. The van der Waals surface area contributed by atoms with Crippen LogP contribution in [0.3, 0.4) is 0 Å². The molecule has 4 N–H and O–H groups in total. The van der Waals surface area contributed by atoms with Gasteiger partial charge < -0.3 is 11.5 Å². The quantitative estimate of drug-likeness (QED) is 0.566. The van der Waals surface area contributed by atoms with Crippen molar-refractivity contribution in [2.75, 3.05) is 5.73 Å². The summed E-state index contributed by atoms with van der Waals surface area (Å²) < 4.78 is 0. The van der Waals surface area contributed by atoms with Crippen LogP contribution in [0, 0.1) is 0 Å². The molecule has 0 bridgehead atoms. The Labute approximate surface area is 99.3 Å². The molecule has 1 aliphatic rings. The summed E-state index contributed by atoms with van der Waals surface area (Å²) in [6.45, 7) is 1.83. The molecule has 4 nitrogen and oxygen atoms in total. The molecular weight excluding hydrogens is 214 g/mol. The van der Waals surface area contributed by atoms with Crippen LogP contribution >= 0.6 is 0 Å². The Hall–Kier alpha value is -2.36. The third-order valence-corrected chi connectivity index (χ3v) is 2.47. The maximum absolute atomic E-state index is 11.3. The van der Waals surface area contributed by atoms with Crippen molar-refractivity contribution in [1.29, 1.82) is 0 Å². The summed E-state index contributed by atoms with van der Waals surface area (Å²) in [6.07, 6.45) is 3.08. The fraction of sp³-hybridized carbons (Fsp3) is 0.0769. The highest BCUT2D eigenvalue weighted by Crippen LogP contribution is 2.18. The summed E-state index contributed by atoms with van der Waals surface area (Å²) >= 11 is 0. The minimum atomic E-state index is -0.168. The van der Waals surface area contributed by atoms with E-state index in [4.69, 9.17) is 11.5 Å². The lowest BCUT2D eigenvalue weighted by molar-refractivity contribution is -0.111. The summed E-state index contributed by atoms with van der Waals surface area (Å²) in [5.74, 6) is -0.168. The number of benzene rings is 1. The summed E-state index contributed by atoms with van der Waals surface area (Å²) in [7, 11) is 0. The average Bonchev–Trinajstić information content (AvgIpc) is 2.29. The van der Waals surface area contributed by atoms with Crippen LogP contribution in [-0.2, 0) is 4.79 Å². The number of carbonyl (C=O) groups is 1. The Morgan fingerprint density at radius 2 is 1.71 bits per heavy atom. The van der Waals surface area contributed by atoms with Crippen LogP contribution in [0.5, 0.6) is 0 Å². The molecule has 0 aromatic heterocycles. The van der Waals surface area contributed by atoms with Gasteiger partial charge in [0.2, 0.25) is 5.78 Å². The van der Waals surface area contributed by atoms with Gasteiger partial charge in [0, 0.05) is 5.69 Å². The molecule has 1 aliphatic carbocycles. The molecule has 2 rings (SSSR count). The van der Waals surface area contributed by atoms with Crippen molar-refractivity contribution in [2.24, 2.45) is 10.7 Å². The first-order valence-electron chi connectivity index (χ1n) is 5.20. The van der Waals surface area contributed by atoms with E-state index in [-0.39, 0.29) is 11.5 Å². The Morgan fingerprint density at radius 3 is 2.35 bits per heavy atom. The number of aliphatic imine (C=N–C) groups is 1. The molecule has 0 aliphatic heterocycles. The van der Waals surface area contributed by atoms with Crippen molar-refractivity contribution in [3.05, 3.63) is 47.7 Å². The monoisotopic (exact) mass is 227 g/mol. The Morgan fingerprint density at radius 1 is 1.06 bits per heavy atom. The second-order valence-electron chi connectivity index (χ2n) is 3.88. The highest BCUT2D eigenvalue weighted by atomic mass is 16.1. The second-order valence-corrected chi connectivity index (χ2v) is 3.88. The number of nitrogens with zero attached hydrogens (tertiary/aromatic N) is 1. The van der Waals surface area contributed by atoms with Crippen LogP contribution in [0.2, 0.25) is 0 Å². The molecule has 17 heavy (non-hydrogen) atoms. The maximum atomic E-state index is 11.3. The van der Waals surface area contributed by atoms with E-state index in [1.165, 1.54) is 6.08 Å². The van der Waals surface area contributed by atoms with Crippen molar-refractivity contribution in [3.8, 4) is 0 Å². The lowest BCUT2D eigenvalue weighted by Crippen LogP contribution is -2.17. The zero-order valence-corrected chi connectivity index (χ0v) is 9.47. The van der Waals surface area contributed by atoms with Gasteiger partial charge in [0.05, 0.1) is 17.1 Å². The number of rotatable bonds is 1. The number of nitrogens with two attached hydrogens (primary N) is 2. The van der Waals surface area contributed by atoms with Gasteiger partial charge in [0.1, 0.15) is 0 Å². The van der Waals surface area contributed by atoms with Gasteiger partial charge in [-0.1, -0.05) is 0 Å². The number of nitrogen functional groups attached to an aromatic ring is 1. The number of anilines is 1. The summed E-state index contributed by atoms with van der Waals surface area (Å²) in [5.41, 5.74) is 14.4. The third kappa shape index (κ3) is 2.42. The maximum Gasteiger partial charge on any atom is 0.201 e. The number of hydrogen-bond acceptors (Lipinski definition) is 4. The van der Waals surface area contributed by atoms with E-state index in [2.05, 4.69) is 4.99 Å². The highest BCUT2D eigenvalue weighted by Gasteiger charge is 2.13. The fourth-order valence-electron chi connectivity index (χ4n) is 1.49. The first-order chi connectivity index (χ1) is 8.06. The van der Waals surface area contributed by atoms with Crippen molar-refractivity contribution in [1.82, 2.24) is 0 Å². The van der Waals surface area contributed by atoms with E-state index in [1.807, 2.05) is 19.1 Å². The summed E-state index contributed by atoms with van der Waals surface area (Å²) in [5, 5.41) is 0. The van der Waals surface area contributed by atoms with Gasteiger partial charge in [-0.15, -0.1) is 0 Å². The van der Waals surface area contributed by atoms with E-state index >= 15 is 0 Å². The van der Waals surface area contributed by atoms with E-state index < -0.39 is 0 Å². The van der Waals surface area contributed by atoms with Crippen molar-refractivity contribution >= 4 is 22.9 Å². The lowest BCUT2D eigenvalue weighted by atomic mass is 10.0. The van der Waals surface area contributed by atoms with E-state index in [0.717, 1.165) is 11.3 Å². The van der Waals surface area contributed by atoms with E-state index in [1.54, 1.807) is 18.2 Å². The zero-order valence-electron chi connectivity index (χ0n) is 9.47. The second kappa shape index (κ2) is 4.25. The Balaban J connectivity index is 2.37. The molecule has 1 aromatic carbocycles. The van der Waals surface area contributed by atoms with Crippen LogP contribution in [0.15, 0.2) is 52.7 Å². The van der Waals surface area contributed by atoms with Crippen molar-refractivity contribution in [2.45, 2.75) is 6.92 Å². The van der Waals surface area contributed by atoms with Gasteiger partial charge in [-0.2, -0.15) is 0 Å². The van der Waals surface area contributed by atoms with Crippen LogP contribution in [-0.4, -0.2) is 11.5 Å². The average molecular weight is 227 g/mol. The number of ketones is 1. The standard InChI is InChI=1S/C13H13N3O/c1-8-6-13(17)11(15)7-12(8)16-10-4-2-9(14)3-5-10/h2-7H,14-15H2,1H3. The number of carbonyl (C=O) groups excluding carboxylic acids is 1. The molecule has 0 radical (unpaired) electrons. The normalized spacial score (nSPS) is 17.9. The first-order valence-corrected chi connectivity index (χ1v) is 5.20. The molecule has 86 valence electrons.